The van der Waals surface area contributed by atoms with Crippen LogP contribution in [0.1, 0.15) is 48.0 Å². The molecular formula is C13H26FNO4S. The monoisotopic (exact) mass is 311 g/mol. The molecule has 0 aromatic heterocycles. The van der Waals surface area contributed by atoms with Gasteiger partial charge in [0.2, 0.25) is 0 Å². The summed E-state index contributed by atoms with van der Waals surface area (Å²) < 4.78 is 38.7. The van der Waals surface area contributed by atoms with E-state index in [-0.39, 0.29) is 18.4 Å². The molecule has 0 radical (unpaired) electrons. The summed E-state index contributed by atoms with van der Waals surface area (Å²) in [6.45, 7) is 11.7. The second-order valence-electron chi connectivity index (χ2n) is 7.06. The van der Waals surface area contributed by atoms with Gasteiger partial charge in [-0.3, -0.25) is 0 Å². The first-order valence-electron chi connectivity index (χ1n) is 6.60. The number of hydrogen-bond acceptors (Lipinski definition) is 4. The van der Waals surface area contributed by atoms with Gasteiger partial charge in [0.05, 0.1) is 5.75 Å². The van der Waals surface area contributed by atoms with E-state index >= 15 is 0 Å². The molecule has 0 spiro atoms. The fraction of sp³-hybridized carbons (Fsp3) is 0.923. The Morgan fingerprint density at radius 2 is 1.65 bits per heavy atom. The predicted molar refractivity (Wildman–Crippen MR) is 76.8 cm³/mol. The Kier molecular flexibility index (Phi) is 6.45. The van der Waals surface area contributed by atoms with Crippen LogP contribution in [-0.4, -0.2) is 43.9 Å². The lowest BCUT2D eigenvalue weighted by molar-refractivity contribution is 0.0188. The van der Waals surface area contributed by atoms with Gasteiger partial charge in [0.15, 0.2) is 0 Å². The molecule has 0 aliphatic heterocycles. The average molecular weight is 311 g/mol. The van der Waals surface area contributed by atoms with Crippen molar-refractivity contribution in [1.82, 2.24) is 4.90 Å². The molecule has 0 N–H and O–H groups in total. The quantitative estimate of drug-likeness (QED) is 0.732. The molecular weight excluding hydrogens is 285 g/mol. The average Bonchev–Trinajstić information content (AvgIpc) is 2.09. The molecule has 0 fully saturated rings. The fourth-order valence-corrected chi connectivity index (χ4v) is 2.04. The lowest BCUT2D eigenvalue weighted by Crippen LogP contribution is -2.42. The van der Waals surface area contributed by atoms with Crippen LogP contribution < -0.4 is 0 Å². The maximum absolute atomic E-state index is 12.5. The van der Waals surface area contributed by atoms with E-state index < -0.39 is 27.7 Å². The molecule has 0 saturated heterocycles. The number of hydrogen-bond donors (Lipinski definition) is 0. The van der Waals surface area contributed by atoms with Gasteiger partial charge in [-0.25, -0.2) is 4.79 Å². The van der Waals surface area contributed by atoms with Gasteiger partial charge in [-0.15, -0.1) is 3.89 Å². The van der Waals surface area contributed by atoms with Crippen molar-refractivity contribution < 1.29 is 21.8 Å². The number of carbonyl (C=O) groups excluding carboxylic acids is 1. The Morgan fingerprint density at radius 1 is 1.15 bits per heavy atom. The number of amides is 1. The molecule has 0 heterocycles. The van der Waals surface area contributed by atoms with Crippen LogP contribution in [0.3, 0.4) is 0 Å². The molecule has 0 saturated carbocycles. The number of ether oxygens (including phenoxy) is 1. The maximum atomic E-state index is 12.5. The highest BCUT2D eigenvalue weighted by Crippen LogP contribution is 2.18. The highest BCUT2D eigenvalue weighted by Gasteiger charge is 2.26. The third kappa shape index (κ3) is 11.0. The van der Waals surface area contributed by atoms with Crippen molar-refractivity contribution in [2.75, 3.05) is 18.8 Å². The first kappa shape index (κ1) is 19.1. The van der Waals surface area contributed by atoms with Crippen molar-refractivity contribution in [3.63, 3.8) is 0 Å². The Bertz CT molecular complexity index is 421. The molecule has 7 heteroatoms. The highest BCUT2D eigenvalue weighted by molar-refractivity contribution is 7.86. The van der Waals surface area contributed by atoms with Gasteiger partial charge >= 0.3 is 16.3 Å². The van der Waals surface area contributed by atoms with Crippen LogP contribution in [0, 0.1) is 5.41 Å². The van der Waals surface area contributed by atoms with Crippen LogP contribution in [0.15, 0.2) is 0 Å². The van der Waals surface area contributed by atoms with E-state index in [9.17, 15) is 17.1 Å². The van der Waals surface area contributed by atoms with Crippen LogP contribution in [0.5, 0.6) is 0 Å². The van der Waals surface area contributed by atoms with Crippen LogP contribution in [0.25, 0.3) is 0 Å². The molecule has 0 aromatic rings. The fourth-order valence-electron chi connectivity index (χ4n) is 1.56. The molecule has 0 aromatic carbocycles. The topological polar surface area (TPSA) is 63.7 Å². The second kappa shape index (κ2) is 6.74. The van der Waals surface area contributed by atoms with E-state index in [4.69, 9.17) is 4.74 Å². The Labute approximate surface area is 121 Å². The Morgan fingerprint density at radius 3 is 2.00 bits per heavy atom. The summed E-state index contributed by atoms with van der Waals surface area (Å²) >= 11 is 0. The van der Waals surface area contributed by atoms with Gasteiger partial charge in [0.1, 0.15) is 5.60 Å². The molecule has 0 unspecified atom stereocenters. The standard InChI is InChI=1S/C13H26FNO4S/c1-12(2,3)10-15(8-7-9-20(14,17)18)11(16)19-13(4,5)6/h7-10H2,1-6H3. The van der Waals surface area contributed by atoms with Gasteiger partial charge < -0.3 is 9.64 Å². The summed E-state index contributed by atoms with van der Waals surface area (Å²) in [6.07, 6.45) is -0.461. The third-order valence-corrected chi connectivity index (χ3v) is 2.91. The van der Waals surface area contributed by atoms with Gasteiger partial charge in [-0.05, 0) is 32.6 Å². The summed E-state index contributed by atoms with van der Waals surface area (Å²) in [5, 5.41) is 0. The molecule has 0 bridgehead atoms. The summed E-state index contributed by atoms with van der Waals surface area (Å²) in [4.78, 5) is 13.5. The smallest absolute Gasteiger partial charge is 0.410 e. The molecule has 0 rings (SSSR count). The number of nitrogens with zero attached hydrogens (tertiary/aromatic N) is 1. The number of halogens is 1. The minimum absolute atomic E-state index is 0.0498. The highest BCUT2D eigenvalue weighted by atomic mass is 32.3. The van der Waals surface area contributed by atoms with Crippen molar-refractivity contribution in [1.29, 1.82) is 0 Å². The van der Waals surface area contributed by atoms with Gasteiger partial charge in [-0.1, -0.05) is 20.8 Å². The van der Waals surface area contributed by atoms with Gasteiger partial charge in [-0.2, -0.15) is 8.42 Å². The zero-order valence-corrected chi connectivity index (χ0v) is 14.0. The summed E-state index contributed by atoms with van der Waals surface area (Å²) in [7, 11) is -4.50. The first-order chi connectivity index (χ1) is 8.70. The zero-order chi connectivity index (χ0) is 16.2. The molecule has 1 amide bonds. The van der Waals surface area contributed by atoms with Crippen LogP contribution in [0.4, 0.5) is 8.68 Å². The molecule has 0 aliphatic rings. The van der Waals surface area contributed by atoms with Crippen molar-refractivity contribution in [2.45, 2.75) is 53.6 Å². The molecule has 20 heavy (non-hydrogen) atoms. The first-order valence-corrected chi connectivity index (χ1v) is 8.15. The molecule has 5 nitrogen and oxygen atoms in total. The van der Waals surface area contributed by atoms with Crippen LogP contribution in [0.2, 0.25) is 0 Å². The third-order valence-electron chi connectivity index (χ3n) is 2.13. The van der Waals surface area contributed by atoms with Crippen LogP contribution in [-0.2, 0) is 15.0 Å². The minimum Gasteiger partial charge on any atom is -0.444 e. The zero-order valence-electron chi connectivity index (χ0n) is 13.2. The minimum atomic E-state index is -4.50. The van der Waals surface area contributed by atoms with E-state index in [2.05, 4.69) is 0 Å². The normalized spacial score (nSPS) is 13.2. The Balaban J connectivity index is 4.69. The molecule has 0 atom stereocenters. The van der Waals surface area contributed by atoms with Gasteiger partial charge in [0.25, 0.3) is 0 Å². The van der Waals surface area contributed by atoms with Gasteiger partial charge in [0, 0.05) is 13.1 Å². The maximum Gasteiger partial charge on any atom is 0.410 e. The van der Waals surface area contributed by atoms with E-state index in [1.54, 1.807) is 20.8 Å². The lowest BCUT2D eigenvalue weighted by Gasteiger charge is -2.32. The van der Waals surface area contributed by atoms with Crippen molar-refractivity contribution >= 4 is 16.3 Å². The number of rotatable bonds is 5. The van der Waals surface area contributed by atoms with Crippen molar-refractivity contribution in [3.05, 3.63) is 0 Å². The van der Waals surface area contributed by atoms with E-state index in [0.29, 0.717) is 6.54 Å². The van der Waals surface area contributed by atoms with E-state index in [1.165, 1.54) is 4.90 Å². The van der Waals surface area contributed by atoms with E-state index in [0.717, 1.165) is 0 Å². The lowest BCUT2D eigenvalue weighted by atomic mass is 9.96. The van der Waals surface area contributed by atoms with Crippen molar-refractivity contribution in [3.8, 4) is 0 Å². The molecule has 120 valence electrons. The summed E-state index contributed by atoms with van der Waals surface area (Å²) in [5.74, 6) is -0.587. The molecule has 0 aliphatic carbocycles. The van der Waals surface area contributed by atoms with E-state index in [1.807, 2.05) is 20.8 Å². The number of carbonyl (C=O) groups is 1. The SMILES string of the molecule is CC(C)(C)CN(CCCS(=O)(=O)F)C(=O)OC(C)(C)C. The van der Waals surface area contributed by atoms with Crippen molar-refractivity contribution in [2.24, 2.45) is 5.41 Å². The summed E-state index contributed by atoms with van der Waals surface area (Å²) in [6, 6.07) is 0. The Hall–Kier alpha value is -0.850. The largest absolute Gasteiger partial charge is 0.444 e. The summed E-state index contributed by atoms with van der Waals surface area (Å²) in [5.41, 5.74) is -0.787. The van der Waals surface area contributed by atoms with Crippen LogP contribution >= 0.6 is 0 Å². The second-order valence-corrected chi connectivity index (χ2v) is 8.55. The predicted octanol–water partition coefficient (Wildman–Crippen LogP) is 2.96.